The molecule has 216 valence electrons. The first-order chi connectivity index (χ1) is 18.8. The van der Waals surface area contributed by atoms with Crippen LogP contribution in [0.3, 0.4) is 0 Å². The number of ether oxygens (including phenoxy) is 3. The number of hydrogen-bond donors (Lipinski definition) is 2. The number of alkyl carbamates (subject to hydrolysis) is 1. The molecule has 4 heterocycles. The van der Waals surface area contributed by atoms with Crippen LogP contribution in [0.5, 0.6) is 0 Å². The maximum atomic E-state index is 13.8. The number of nitrogens with one attached hydrogen (secondary N) is 2. The maximum Gasteiger partial charge on any atom is 0.494 e. The second-order valence-electron chi connectivity index (χ2n) is 12.0. The number of benzene rings is 1. The Morgan fingerprint density at radius 3 is 2.30 bits per heavy atom. The highest BCUT2D eigenvalue weighted by atomic mass is 16.7. The van der Waals surface area contributed by atoms with Crippen molar-refractivity contribution in [2.45, 2.75) is 77.0 Å². The molecule has 3 saturated heterocycles. The molecule has 0 radical (unpaired) electrons. The van der Waals surface area contributed by atoms with E-state index in [9.17, 15) is 9.59 Å². The molecule has 3 aliphatic rings. The van der Waals surface area contributed by atoms with Crippen LogP contribution in [0.1, 0.15) is 59.8 Å². The van der Waals surface area contributed by atoms with Gasteiger partial charge in [0.1, 0.15) is 11.9 Å². The Morgan fingerprint density at radius 1 is 1.10 bits per heavy atom. The quantitative estimate of drug-likeness (QED) is 0.523. The minimum absolute atomic E-state index is 0.163. The molecule has 1 spiro atoms. The molecule has 40 heavy (non-hydrogen) atoms. The van der Waals surface area contributed by atoms with Gasteiger partial charge in [-0.1, -0.05) is 38.1 Å². The van der Waals surface area contributed by atoms with E-state index >= 15 is 0 Å². The molecule has 2 atom stereocenters. The third-order valence-corrected chi connectivity index (χ3v) is 8.44. The lowest BCUT2D eigenvalue weighted by atomic mass is 9.79. The van der Waals surface area contributed by atoms with Crippen molar-refractivity contribution in [3.63, 3.8) is 0 Å². The van der Waals surface area contributed by atoms with E-state index in [0.29, 0.717) is 25.5 Å². The van der Waals surface area contributed by atoms with Gasteiger partial charge in [-0.2, -0.15) is 0 Å². The molecular formula is C28H39BN4O7. The molecule has 5 rings (SSSR count). The summed E-state index contributed by atoms with van der Waals surface area (Å²) in [5.74, 6) is -0.685. The number of carbonyl (C=O) groups is 2. The van der Waals surface area contributed by atoms with Crippen molar-refractivity contribution in [3.8, 4) is 11.3 Å². The smallest absolute Gasteiger partial charge is 0.453 e. The van der Waals surface area contributed by atoms with E-state index in [1.54, 1.807) is 11.1 Å². The van der Waals surface area contributed by atoms with E-state index in [-0.39, 0.29) is 18.4 Å². The van der Waals surface area contributed by atoms with Crippen LogP contribution in [0.15, 0.2) is 30.5 Å². The molecule has 0 bridgehead atoms. The van der Waals surface area contributed by atoms with Gasteiger partial charge in [0.2, 0.25) is 5.91 Å². The summed E-state index contributed by atoms with van der Waals surface area (Å²) in [5.41, 5.74) is 1.86. The van der Waals surface area contributed by atoms with Crippen molar-refractivity contribution in [2.24, 2.45) is 5.92 Å². The lowest BCUT2D eigenvalue weighted by Gasteiger charge is -2.32. The number of rotatable bonds is 6. The second-order valence-corrected chi connectivity index (χ2v) is 12.0. The summed E-state index contributed by atoms with van der Waals surface area (Å²) in [5, 5.41) is 2.68. The summed E-state index contributed by atoms with van der Waals surface area (Å²) < 4.78 is 29.0. The molecule has 2 aromatic rings. The van der Waals surface area contributed by atoms with Gasteiger partial charge in [0.25, 0.3) is 0 Å². The van der Waals surface area contributed by atoms with Crippen LogP contribution in [0, 0.1) is 5.92 Å². The summed E-state index contributed by atoms with van der Waals surface area (Å²) in [6.45, 7) is 13.0. The minimum atomic E-state index is -0.898. The number of likely N-dealkylation sites (tertiary alicyclic amines) is 1. The number of hydrogen-bond acceptors (Lipinski definition) is 8. The normalized spacial score (nSPS) is 23.6. The largest absolute Gasteiger partial charge is 0.494 e. The van der Waals surface area contributed by atoms with E-state index in [0.717, 1.165) is 16.7 Å². The van der Waals surface area contributed by atoms with Crippen LogP contribution >= 0.6 is 0 Å². The lowest BCUT2D eigenvalue weighted by Crippen LogP contribution is -2.52. The van der Waals surface area contributed by atoms with Crippen LogP contribution in [0.25, 0.3) is 11.3 Å². The lowest BCUT2D eigenvalue weighted by molar-refractivity contribution is -0.153. The fourth-order valence-electron chi connectivity index (χ4n) is 5.35. The number of methoxy groups -OCH3 is 1. The van der Waals surface area contributed by atoms with Gasteiger partial charge < -0.3 is 38.7 Å². The predicted octanol–water partition coefficient (Wildman–Crippen LogP) is 2.77. The second kappa shape index (κ2) is 10.5. The highest BCUT2D eigenvalue weighted by Crippen LogP contribution is 2.42. The van der Waals surface area contributed by atoms with Crippen LogP contribution in [-0.2, 0) is 28.3 Å². The maximum absolute atomic E-state index is 13.8. The number of nitrogens with zero attached hydrogens (tertiary/aromatic N) is 2. The number of aromatic nitrogens is 2. The number of H-pyrrole nitrogens is 1. The molecule has 12 heteroatoms. The molecule has 0 saturated carbocycles. The van der Waals surface area contributed by atoms with Crippen LogP contribution in [0.2, 0.25) is 0 Å². The Hall–Kier alpha value is -2.93. The monoisotopic (exact) mass is 554 g/mol. The van der Waals surface area contributed by atoms with Gasteiger partial charge in [0.15, 0.2) is 5.79 Å². The van der Waals surface area contributed by atoms with Gasteiger partial charge in [0, 0.05) is 6.42 Å². The average molecular weight is 554 g/mol. The molecule has 3 aliphatic heterocycles. The first-order valence-corrected chi connectivity index (χ1v) is 13.8. The predicted molar refractivity (Wildman–Crippen MR) is 148 cm³/mol. The fourth-order valence-corrected chi connectivity index (χ4v) is 5.35. The number of aromatic amines is 1. The van der Waals surface area contributed by atoms with Crippen molar-refractivity contribution in [3.05, 3.63) is 36.3 Å². The van der Waals surface area contributed by atoms with Crippen molar-refractivity contribution in [1.29, 1.82) is 0 Å². The molecule has 0 aliphatic carbocycles. The van der Waals surface area contributed by atoms with Crippen molar-refractivity contribution < 1.29 is 33.1 Å². The fraction of sp³-hybridized carbons (Fsp3) is 0.607. The third-order valence-electron chi connectivity index (χ3n) is 8.44. The summed E-state index contributed by atoms with van der Waals surface area (Å²) in [4.78, 5) is 35.5. The Balaban J connectivity index is 1.37. The molecule has 3 fully saturated rings. The van der Waals surface area contributed by atoms with Crippen LogP contribution in [0.4, 0.5) is 4.79 Å². The number of carbonyl (C=O) groups excluding carboxylic acids is 2. The van der Waals surface area contributed by atoms with E-state index in [1.807, 2.05) is 65.8 Å². The van der Waals surface area contributed by atoms with Crippen molar-refractivity contribution in [2.75, 3.05) is 26.9 Å². The SMILES string of the molecule is COC(=O)NC(C(=O)N1CC2(CC1c1ncc(-c3ccc(B4OC(C)(C)C(C)(C)O4)cc3)[nH]1)OCCO2)C(C)C. The van der Waals surface area contributed by atoms with Gasteiger partial charge >= 0.3 is 13.2 Å². The zero-order chi connectivity index (χ0) is 28.9. The first-order valence-electron chi connectivity index (χ1n) is 13.8. The van der Waals surface area contributed by atoms with Gasteiger partial charge in [0.05, 0.1) is 56.0 Å². The average Bonchev–Trinajstić information content (AvgIpc) is 3.69. The van der Waals surface area contributed by atoms with Gasteiger partial charge in [-0.3, -0.25) is 4.79 Å². The van der Waals surface area contributed by atoms with E-state index < -0.39 is 42.3 Å². The zero-order valence-electron chi connectivity index (χ0n) is 24.3. The van der Waals surface area contributed by atoms with E-state index in [2.05, 4.69) is 15.3 Å². The zero-order valence-corrected chi connectivity index (χ0v) is 24.3. The van der Waals surface area contributed by atoms with E-state index in [4.69, 9.17) is 23.5 Å². The Bertz CT molecular complexity index is 1220. The highest BCUT2D eigenvalue weighted by Gasteiger charge is 2.53. The van der Waals surface area contributed by atoms with Gasteiger partial charge in [-0.05, 0) is 44.6 Å². The Labute approximate surface area is 235 Å². The summed E-state index contributed by atoms with van der Waals surface area (Å²) in [7, 11) is 0.835. The molecule has 2 unspecified atom stereocenters. The first kappa shape index (κ1) is 28.6. The molecule has 11 nitrogen and oxygen atoms in total. The van der Waals surface area contributed by atoms with E-state index in [1.165, 1.54) is 7.11 Å². The Morgan fingerprint density at radius 2 is 1.73 bits per heavy atom. The number of imidazole rings is 1. The molecule has 1 aromatic heterocycles. The third kappa shape index (κ3) is 5.25. The summed E-state index contributed by atoms with van der Waals surface area (Å²) in [6.07, 6.45) is 1.53. The Kier molecular flexibility index (Phi) is 7.49. The van der Waals surface area contributed by atoms with Gasteiger partial charge in [-0.25, -0.2) is 9.78 Å². The van der Waals surface area contributed by atoms with Gasteiger partial charge in [-0.15, -0.1) is 0 Å². The molecule has 2 N–H and O–H groups in total. The minimum Gasteiger partial charge on any atom is -0.453 e. The molecular weight excluding hydrogens is 515 g/mol. The molecule has 2 amide bonds. The number of amides is 2. The summed E-state index contributed by atoms with van der Waals surface area (Å²) in [6, 6.07) is 6.77. The summed E-state index contributed by atoms with van der Waals surface area (Å²) >= 11 is 0. The van der Waals surface area contributed by atoms with Crippen molar-refractivity contribution in [1.82, 2.24) is 20.2 Å². The topological polar surface area (TPSA) is 124 Å². The molecule has 1 aromatic carbocycles. The van der Waals surface area contributed by atoms with Crippen molar-refractivity contribution >= 4 is 24.6 Å². The highest BCUT2D eigenvalue weighted by molar-refractivity contribution is 6.62. The standard InChI is InChI=1S/C28H39BN4O7/c1-17(2)22(32-25(35)36-7)24(34)33-16-28(37-12-13-38-28)14-21(33)23-30-15-20(31-23)18-8-10-19(11-9-18)29-39-26(3,4)27(5,6)40-29/h8-11,15,17,21-22H,12-14,16H2,1-7H3,(H,30,31)(H,32,35). The van der Waals surface area contributed by atoms with Crippen LogP contribution in [-0.4, -0.2) is 83.9 Å². The van der Waals surface area contributed by atoms with Crippen LogP contribution < -0.4 is 10.8 Å².